The number of nitrogens with zero attached hydrogens (tertiary/aromatic N) is 4. The zero-order chi connectivity index (χ0) is 9.80. The van der Waals surface area contributed by atoms with Crippen molar-refractivity contribution < 1.29 is 0 Å². The van der Waals surface area contributed by atoms with Gasteiger partial charge in [-0.2, -0.15) is 0 Å². The number of rotatable bonds is 2. The molecule has 1 fully saturated rings. The van der Waals surface area contributed by atoms with E-state index in [4.69, 9.17) is 0 Å². The maximum absolute atomic E-state index is 4.04. The monoisotopic (exact) mass is 193 g/mol. The lowest BCUT2D eigenvalue weighted by Gasteiger charge is -2.31. The normalized spacial score (nSPS) is 21.9. The Balaban J connectivity index is 2.03. The van der Waals surface area contributed by atoms with Crippen molar-refractivity contribution in [2.75, 3.05) is 25.0 Å². The van der Waals surface area contributed by atoms with Crippen LogP contribution >= 0.6 is 0 Å². The van der Waals surface area contributed by atoms with Gasteiger partial charge in [0.25, 0.3) is 0 Å². The van der Waals surface area contributed by atoms with E-state index in [1.54, 1.807) is 6.20 Å². The first-order valence-electron chi connectivity index (χ1n) is 4.94. The second kappa shape index (κ2) is 4.32. The van der Waals surface area contributed by atoms with Gasteiger partial charge in [-0.15, -0.1) is 10.2 Å². The van der Waals surface area contributed by atoms with Crippen LogP contribution in [0.2, 0.25) is 0 Å². The highest BCUT2D eigenvalue weighted by molar-refractivity contribution is 5.34. The molecule has 5 nitrogen and oxygen atoms in total. The molecule has 76 valence electrons. The molecule has 1 aromatic heterocycles. The van der Waals surface area contributed by atoms with Crippen LogP contribution in [0, 0.1) is 0 Å². The van der Waals surface area contributed by atoms with Gasteiger partial charge < -0.3 is 10.2 Å². The molecule has 1 aromatic rings. The van der Waals surface area contributed by atoms with Crippen molar-refractivity contribution >= 4 is 5.82 Å². The predicted octanol–water partition coefficient (Wildman–Crippen LogP) is 0.0598. The number of likely N-dealkylation sites (N-methyl/N-ethyl adjacent to an activating group) is 1. The molecular formula is C9H15N5. The standard InChI is InChI=1S/C9H15N5/c1-14(8-3-2-4-10-5-8)9-6-11-7-12-13-9/h6-8,10H,2-5H2,1H3. The first-order chi connectivity index (χ1) is 6.88. The maximum Gasteiger partial charge on any atom is 0.169 e. The Hall–Kier alpha value is -1.23. The van der Waals surface area contributed by atoms with Crippen molar-refractivity contribution in [2.24, 2.45) is 0 Å². The van der Waals surface area contributed by atoms with Crippen LogP contribution in [0.4, 0.5) is 5.82 Å². The van der Waals surface area contributed by atoms with E-state index in [2.05, 4.69) is 25.4 Å². The minimum atomic E-state index is 0.516. The molecule has 0 aromatic carbocycles. The third-order valence-corrected chi connectivity index (χ3v) is 2.65. The summed E-state index contributed by atoms with van der Waals surface area (Å²) in [6, 6.07) is 0.516. The van der Waals surface area contributed by atoms with Crippen LogP contribution in [-0.4, -0.2) is 41.4 Å². The Kier molecular flexibility index (Phi) is 2.88. The van der Waals surface area contributed by atoms with E-state index < -0.39 is 0 Å². The lowest BCUT2D eigenvalue weighted by molar-refractivity contribution is 0.442. The molecule has 1 aliphatic rings. The molecule has 2 rings (SSSR count). The topological polar surface area (TPSA) is 53.9 Å². The van der Waals surface area contributed by atoms with Crippen LogP contribution in [0.25, 0.3) is 0 Å². The third kappa shape index (κ3) is 1.98. The van der Waals surface area contributed by atoms with Crippen molar-refractivity contribution in [1.29, 1.82) is 0 Å². The fourth-order valence-electron chi connectivity index (χ4n) is 1.75. The second-order valence-electron chi connectivity index (χ2n) is 3.58. The molecule has 1 atom stereocenters. The Morgan fingerprint density at radius 2 is 2.50 bits per heavy atom. The molecule has 0 spiro atoms. The molecule has 1 aliphatic heterocycles. The quantitative estimate of drug-likeness (QED) is 0.719. The number of hydrogen-bond donors (Lipinski definition) is 1. The van der Waals surface area contributed by atoms with Crippen LogP contribution in [0.3, 0.4) is 0 Å². The smallest absolute Gasteiger partial charge is 0.169 e. The minimum absolute atomic E-state index is 0.516. The van der Waals surface area contributed by atoms with Crippen molar-refractivity contribution in [2.45, 2.75) is 18.9 Å². The van der Waals surface area contributed by atoms with Gasteiger partial charge in [0.2, 0.25) is 0 Å². The summed E-state index contributed by atoms with van der Waals surface area (Å²) in [5.41, 5.74) is 0. The molecule has 2 heterocycles. The molecule has 0 bridgehead atoms. The van der Waals surface area contributed by atoms with Crippen LogP contribution in [-0.2, 0) is 0 Å². The van der Waals surface area contributed by atoms with Gasteiger partial charge in [-0.05, 0) is 19.4 Å². The maximum atomic E-state index is 4.04. The van der Waals surface area contributed by atoms with E-state index in [0.717, 1.165) is 18.9 Å². The van der Waals surface area contributed by atoms with Gasteiger partial charge in [-0.3, -0.25) is 0 Å². The summed E-state index contributed by atoms with van der Waals surface area (Å²) >= 11 is 0. The summed E-state index contributed by atoms with van der Waals surface area (Å²) < 4.78 is 0. The Labute approximate surface area is 83.6 Å². The van der Waals surface area contributed by atoms with Gasteiger partial charge in [0.05, 0.1) is 6.20 Å². The van der Waals surface area contributed by atoms with Gasteiger partial charge in [0.1, 0.15) is 6.33 Å². The largest absolute Gasteiger partial charge is 0.353 e. The van der Waals surface area contributed by atoms with Gasteiger partial charge in [-0.1, -0.05) is 0 Å². The van der Waals surface area contributed by atoms with Gasteiger partial charge in [-0.25, -0.2) is 4.98 Å². The SMILES string of the molecule is CN(c1cncnn1)C1CCCNC1. The average molecular weight is 193 g/mol. The highest BCUT2D eigenvalue weighted by Crippen LogP contribution is 2.14. The fraction of sp³-hybridized carbons (Fsp3) is 0.667. The fourth-order valence-corrected chi connectivity index (χ4v) is 1.75. The van der Waals surface area contributed by atoms with Crippen molar-refractivity contribution in [3.8, 4) is 0 Å². The lowest BCUT2D eigenvalue weighted by atomic mass is 10.1. The van der Waals surface area contributed by atoms with Crippen molar-refractivity contribution in [1.82, 2.24) is 20.5 Å². The number of nitrogens with one attached hydrogen (secondary N) is 1. The molecule has 0 aliphatic carbocycles. The summed E-state index contributed by atoms with van der Waals surface area (Å²) in [5, 5.41) is 11.2. The highest BCUT2D eigenvalue weighted by Gasteiger charge is 2.18. The zero-order valence-electron chi connectivity index (χ0n) is 8.35. The van der Waals surface area contributed by atoms with Crippen LogP contribution in [0.15, 0.2) is 12.5 Å². The molecule has 0 saturated carbocycles. The first kappa shape index (κ1) is 9.33. The second-order valence-corrected chi connectivity index (χ2v) is 3.58. The molecule has 5 heteroatoms. The Morgan fingerprint density at radius 3 is 3.14 bits per heavy atom. The lowest BCUT2D eigenvalue weighted by Crippen LogP contribution is -2.44. The van der Waals surface area contributed by atoms with Crippen LogP contribution < -0.4 is 10.2 Å². The Morgan fingerprint density at radius 1 is 1.57 bits per heavy atom. The number of hydrogen-bond acceptors (Lipinski definition) is 5. The van der Waals surface area contributed by atoms with E-state index in [1.807, 2.05) is 7.05 Å². The number of aromatic nitrogens is 3. The molecule has 1 saturated heterocycles. The van der Waals surface area contributed by atoms with Crippen molar-refractivity contribution in [3.05, 3.63) is 12.5 Å². The summed E-state index contributed by atoms with van der Waals surface area (Å²) in [5.74, 6) is 0.848. The average Bonchev–Trinajstić information content (AvgIpc) is 2.30. The van der Waals surface area contributed by atoms with Gasteiger partial charge in [0, 0.05) is 19.6 Å². The minimum Gasteiger partial charge on any atom is -0.353 e. The predicted molar refractivity (Wildman–Crippen MR) is 54.1 cm³/mol. The molecule has 0 radical (unpaired) electrons. The molecule has 1 unspecified atom stereocenters. The number of piperidine rings is 1. The van der Waals surface area contributed by atoms with E-state index in [-0.39, 0.29) is 0 Å². The molecule has 14 heavy (non-hydrogen) atoms. The number of anilines is 1. The first-order valence-corrected chi connectivity index (χ1v) is 4.94. The van der Waals surface area contributed by atoms with Crippen LogP contribution in [0.5, 0.6) is 0 Å². The summed E-state index contributed by atoms with van der Waals surface area (Å²) in [4.78, 5) is 6.11. The highest BCUT2D eigenvalue weighted by atomic mass is 15.3. The third-order valence-electron chi connectivity index (χ3n) is 2.65. The zero-order valence-corrected chi connectivity index (χ0v) is 8.35. The molecular weight excluding hydrogens is 178 g/mol. The molecule has 1 N–H and O–H groups in total. The van der Waals surface area contributed by atoms with Crippen molar-refractivity contribution in [3.63, 3.8) is 0 Å². The summed E-state index contributed by atoms with van der Waals surface area (Å²) in [7, 11) is 2.04. The molecule has 0 amide bonds. The van der Waals surface area contributed by atoms with Gasteiger partial charge in [0.15, 0.2) is 5.82 Å². The summed E-state index contributed by atoms with van der Waals surface area (Å²) in [6.45, 7) is 2.15. The van der Waals surface area contributed by atoms with E-state index >= 15 is 0 Å². The Bertz CT molecular complexity index is 270. The van der Waals surface area contributed by atoms with E-state index in [1.165, 1.54) is 19.2 Å². The van der Waals surface area contributed by atoms with Crippen LogP contribution in [0.1, 0.15) is 12.8 Å². The van der Waals surface area contributed by atoms with E-state index in [9.17, 15) is 0 Å². The van der Waals surface area contributed by atoms with E-state index in [0.29, 0.717) is 6.04 Å². The van der Waals surface area contributed by atoms with Gasteiger partial charge >= 0.3 is 0 Å². The summed E-state index contributed by atoms with van der Waals surface area (Å²) in [6.07, 6.45) is 5.64.